The molecule has 0 radical (unpaired) electrons. The van der Waals surface area contributed by atoms with Gasteiger partial charge in [-0.05, 0) is 6.92 Å². The van der Waals surface area contributed by atoms with E-state index in [2.05, 4.69) is 5.32 Å². The van der Waals surface area contributed by atoms with E-state index in [0.717, 1.165) is 0 Å². The van der Waals surface area contributed by atoms with Crippen molar-refractivity contribution in [1.82, 2.24) is 0 Å². The summed E-state index contributed by atoms with van der Waals surface area (Å²) in [6.45, 7) is 2.01. The van der Waals surface area contributed by atoms with Crippen molar-refractivity contribution in [2.24, 2.45) is 0 Å². The van der Waals surface area contributed by atoms with Gasteiger partial charge in [0.2, 0.25) is 0 Å². The van der Waals surface area contributed by atoms with Gasteiger partial charge in [-0.2, -0.15) is 0 Å². The van der Waals surface area contributed by atoms with E-state index in [1.165, 1.54) is 14.2 Å². The highest BCUT2D eigenvalue weighted by Crippen LogP contribution is 2.34. The molecule has 0 aliphatic heterocycles. The highest BCUT2D eigenvalue weighted by atomic mass is 16.5. The van der Waals surface area contributed by atoms with Gasteiger partial charge in [0.15, 0.2) is 0 Å². The van der Waals surface area contributed by atoms with Gasteiger partial charge in [0.1, 0.15) is 11.5 Å². The summed E-state index contributed by atoms with van der Waals surface area (Å²) >= 11 is 0. The maximum absolute atomic E-state index is 11.3. The molecule has 1 amide bonds. The minimum Gasteiger partial charge on any atom is -0.495 e. The standard InChI is InChI=1S/C11H16N2O4/c1-4-17-11(14)13-8-6-9(15-2)7(12)5-10(8)16-3/h5-6H,4,12H2,1-3H3,(H,13,14). The van der Waals surface area contributed by atoms with Crippen LogP contribution in [0, 0.1) is 0 Å². The molecule has 1 aromatic carbocycles. The van der Waals surface area contributed by atoms with Crippen molar-refractivity contribution in [2.75, 3.05) is 31.9 Å². The van der Waals surface area contributed by atoms with Gasteiger partial charge < -0.3 is 19.9 Å². The number of hydrogen-bond acceptors (Lipinski definition) is 5. The molecule has 0 aliphatic carbocycles. The Labute approximate surface area is 99.6 Å². The fourth-order valence-corrected chi connectivity index (χ4v) is 1.30. The highest BCUT2D eigenvalue weighted by Gasteiger charge is 2.12. The molecule has 0 aromatic heterocycles. The second-order valence-electron chi connectivity index (χ2n) is 3.14. The first-order valence-electron chi connectivity index (χ1n) is 5.07. The monoisotopic (exact) mass is 240 g/mol. The molecular weight excluding hydrogens is 224 g/mol. The fraction of sp³-hybridized carbons (Fsp3) is 0.364. The molecule has 6 heteroatoms. The average Bonchev–Trinajstić information content (AvgIpc) is 2.31. The van der Waals surface area contributed by atoms with Gasteiger partial charge in [-0.15, -0.1) is 0 Å². The van der Waals surface area contributed by atoms with E-state index in [9.17, 15) is 4.79 Å². The molecule has 17 heavy (non-hydrogen) atoms. The summed E-state index contributed by atoms with van der Waals surface area (Å²) in [6, 6.07) is 3.14. The van der Waals surface area contributed by atoms with Gasteiger partial charge in [-0.1, -0.05) is 0 Å². The number of ether oxygens (including phenoxy) is 3. The fourth-order valence-electron chi connectivity index (χ4n) is 1.30. The maximum atomic E-state index is 11.3. The van der Waals surface area contributed by atoms with Crippen LogP contribution < -0.4 is 20.5 Å². The average molecular weight is 240 g/mol. The Balaban J connectivity index is 2.99. The van der Waals surface area contributed by atoms with Crippen LogP contribution >= 0.6 is 0 Å². The number of carbonyl (C=O) groups is 1. The van der Waals surface area contributed by atoms with Crippen molar-refractivity contribution < 1.29 is 19.0 Å². The second-order valence-corrected chi connectivity index (χ2v) is 3.14. The van der Waals surface area contributed by atoms with Crippen LogP contribution in [0.15, 0.2) is 12.1 Å². The molecular formula is C11H16N2O4. The predicted octanol–water partition coefficient (Wildman–Crippen LogP) is 1.85. The van der Waals surface area contributed by atoms with Gasteiger partial charge in [0.25, 0.3) is 0 Å². The SMILES string of the molecule is CCOC(=O)Nc1cc(OC)c(N)cc1OC. The lowest BCUT2D eigenvalue weighted by atomic mass is 10.2. The third-order valence-electron chi connectivity index (χ3n) is 2.06. The van der Waals surface area contributed by atoms with Crippen LogP contribution in [-0.2, 0) is 4.74 Å². The highest BCUT2D eigenvalue weighted by molar-refractivity contribution is 5.88. The number of amides is 1. The molecule has 1 aromatic rings. The van der Waals surface area contributed by atoms with E-state index in [1.54, 1.807) is 19.1 Å². The smallest absolute Gasteiger partial charge is 0.411 e. The van der Waals surface area contributed by atoms with E-state index in [4.69, 9.17) is 19.9 Å². The van der Waals surface area contributed by atoms with Crippen molar-refractivity contribution in [3.8, 4) is 11.5 Å². The molecule has 0 spiro atoms. The Morgan fingerprint density at radius 3 is 2.47 bits per heavy atom. The molecule has 0 saturated heterocycles. The van der Waals surface area contributed by atoms with Crippen LogP contribution in [0.5, 0.6) is 11.5 Å². The zero-order valence-corrected chi connectivity index (χ0v) is 10.1. The Kier molecular flexibility index (Phi) is 4.45. The lowest BCUT2D eigenvalue weighted by Crippen LogP contribution is -2.14. The van der Waals surface area contributed by atoms with Crippen LogP contribution in [0.3, 0.4) is 0 Å². The lowest BCUT2D eigenvalue weighted by molar-refractivity contribution is 0.168. The zero-order chi connectivity index (χ0) is 12.8. The zero-order valence-electron chi connectivity index (χ0n) is 10.1. The van der Waals surface area contributed by atoms with Crippen LogP contribution in [0.4, 0.5) is 16.2 Å². The summed E-state index contributed by atoms with van der Waals surface area (Å²) in [5.41, 5.74) is 6.59. The first-order chi connectivity index (χ1) is 8.12. The third-order valence-corrected chi connectivity index (χ3v) is 2.06. The first-order valence-corrected chi connectivity index (χ1v) is 5.07. The van der Waals surface area contributed by atoms with E-state index in [0.29, 0.717) is 29.5 Å². The number of hydrogen-bond donors (Lipinski definition) is 2. The molecule has 6 nitrogen and oxygen atoms in total. The summed E-state index contributed by atoms with van der Waals surface area (Å²) in [5.74, 6) is 0.897. The number of nitrogen functional groups attached to an aromatic ring is 1. The second kappa shape index (κ2) is 5.83. The van der Waals surface area contributed by atoms with Crippen LogP contribution in [0.2, 0.25) is 0 Å². The Bertz CT molecular complexity index is 407. The van der Waals surface area contributed by atoms with Gasteiger partial charge in [-0.3, -0.25) is 5.32 Å². The molecule has 0 heterocycles. The number of rotatable bonds is 4. The summed E-state index contributed by atoms with van der Waals surface area (Å²) in [4.78, 5) is 11.3. The van der Waals surface area contributed by atoms with Crippen molar-refractivity contribution in [1.29, 1.82) is 0 Å². The molecule has 0 aliphatic rings. The normalized spacial score (nSPS) is 9.59. The molecule has 0 atom stereocenters. The number of benzene rings is 1. The maximum Gasteiger partial charge on any atom is 0.411 e. The first kappa shape index (κ1) is 13.0. The topological polar surface area (TPSA) is 82.8 Å². The summed E-state index contributed by atoms with van der Waals surface area (Å²) in [6.07, 6.45) is -0.558. The number of nitrogens with one attached hydrogen (secondary N) is 1. The van der Waals surface area contributed by atoms with Gasteiger partial charge in [0, 0.05) is 12.1 Å². The Hall–Kier alpha value is -2.11. The number of nitrogens with two attached hydrogens (primary N) is 1. The summed E-state index contributed by atoms with van der Waals surface area (Å²) in [5, 5.41) is 2.54. The predicted molar refractivity (Wildman–Crippen MR) is 64.6 cm³/mol. The number of methoxy groups -OCH3 is 2. The van der Waals surface area contributed by atoms with E-state index >= 15 is 0 Å². The van der Waals surface area contributed by atoms with Crippen molar-refractivity contribution in [3.05, 3.63) is 12.1 Å². The Morgan fingerprint density at radius 1 is 1.29 bits per heavy atom. The van der Waals surface area contributed by atoms with Crippen molar-refractivity contribution in [3.63, 3.8) is 0 Å². The molecule has 0 saturated carbocycles. The number of carbonyl (C=O) groups excluding carboxylic acids is 1. The van der Waals surface area contributed by atoms with Gasteiger partial charge in [0.05, 0.1) is 32.2 Å². The Morgan fingerprint density at radius 2 is 1.94 bits per heavy atom. The molecule has 1 rings (SSSR count). The number of anilines is 2. The largest absolute Gasteiger partial charge is 0.495 e. The molecule has 0 unspecified atom stereocenters. The minimum atomic E-state index is -0.558. The van der Waals surface area contributed by atoms with Crippen molar-refractivity contribution in [2.45, 2.75) is 6.92 Å². The van der Waals surface area contributed by atoms with E-state index in [1.807, 2.05) is 0 Å². The summed E-state index contributed by atoms with van der Waals surface area (Å²) < 4.78 is 14.9. The quantitative estimate of drug-likeness (QED) is 0.785. The van der Waals surface area contributed by atoms with Gasteiger partial charge >= 0.3 is 6.09 Å². The van der Waals surface area contributed by atoms with Crippen LogP contribution in [-0.4, -0.2) is 26.9 Å². The molecule has 0 fully saturated rings. The molecule has 3 N–H and O–H groups in total. The van der Waals surface area contributed by atoms with E-state index in [-0.39, 0.29) is 0 Å². The van der Waals surface area contributed by atoms with E-state index < -0.39 is 6.09 Å². The molecule has 0 bridgehead atoms. The van der Waals surface area contributed by atoms with Crippen LogP contribution in [0.25, 0.3) is 0 Å². The summed E-state index contributed by atoms with van der Waals surface area (Å²) in [7, 11) is 2.98. The minimum absolute atomic E-state index is 0.292. The lowest BCUT2D eigenvalue weighted by Gasteiger charge is -2.13. The van der Waals surface area contributed by atoms with Gasteiger partial charge in [-0.25, -0.2) is 4.79 Å². The molecule has 94 valence electrons. The van der Waals surface area contributed by atoms with Crippen molar-refractivity contribution >= 4 is 17.5 Å². The third kappa shape index (κ3) is 3.17. The van der Waals surface area contributed by atoms with Crippen LogP contribution in [0.1, 0.15) is 6.92 Å².